The Morgan fingerprint density at radius 1 is 0.229 bits per heavy atom. The maximum Gasteiger partial charge on any atom is 0.0540 e. The Hall–Kier alpha value is -6.38. The molecule has 0 saturated carbocycles. The van der Waals surface area contributed by atoms with Crippen LogP contribution in [0.25, 0.3) is 22.8 Å². The molecule has 0 atom stereocenters. The molecule has 0 spiro atoms. The van der Waals surface area contributed by atoms with Crippen molar-refractivity contribution >= 4 is 34.2 Å². The third-order valence-corrected chi connectivity index (χ3v) is 8.77. The van der Waals surface area contributed by atoms with Gasteiger partial charge in [-0.3, -0.25) is 0 Å². The highest BCUT2D eigenvalue weighted by atomic mass is 15.2. The Bertz CT molecular complexity index is 1900. The molecule has 0 radical (unpaired) electrons. The molecule has 2 heterocycles. The standard InChI is InChI=1S/C46H34N2/c1-7-19-35(20-8-1)43-31-39(32-44(36-21-9-2-10-22-36)47(43)41-27-15-5-16-28-41)40-33-45(37-23-11-3-12-24-37)48(42-29-17-6-18-30-42)46(34-40)38-25-13-4-14-26-38/h1-34H. The van der Waals surface area contributed by atoms with Crippen LogP contribution in [-0.4, -0.2) is 0 Å². The summed E-state index contributed by atoms with van der Waals surface area (Å²) < 4.78 is 0. The fourth-order valence-electron chi connectivity index (χ4n) is 6.52. The lowest BCUT2D eigenvalue weighted by molar-refractivity contribution is 1.25. The van der Waals surface area contributed by atoms with E-state index in [0.29, 0.717) is 0 Å². The molecular formula is C46H34N2. The van der Waals surface area contributed by atoms with Gasteiger partial charge in [0.2, 0.25) is 0 Å². The topological polar surface area (TPSA) is 6.48 Å². The second-order valence-electron chi connectivity index (χ2n) is 11.8. The molecule has 0 aromatic heterocycles. The maximum atomic E-state index is 2.39. The lowest BCUT2D eigenvalue weighted by Crippen LogP contribution is -2.24. The van der Waals surface area contributed by atoms with Gasteiger partial charge >= 0.3 is 0 Å². The minimum atomic E-state index is 1.12. The monoisotopic (exact) mass is 614 g/mol. The number of anilines is 2. The second kappa shape index (κ2) is 13.2. The van der Waals surface area contributed by atoms with Crippen LogP contribution in [0, 0.1) is 0 Å². The SMILES string of the molecule is C1=C(c2ccccc2)N(c2ccccc2)C(c2ccccc2)=CC1=C1C=C(c2ccccc2)N(c2ccccc2)C(c2ccccc2)=C1. The van der Waals surface area contributed by atoms with Gasteiger partial charge < -0.3 is 9.80 Å². The van der Waals surface area contributed by atoms with Gasteiger partial charge in [0.1, 0.15) is 0 Å². The van der Waals surface area contributed by atoms with E-state index in [0.717, 1.165) is 67.6 Å². The Labute approximate surface area is 282 Å². The zero-order valence-corrected chi connectivity index (χ0v) is 26.5. The lowest BCUT2D eigenvalue weighted by atomic mass is 9.91. The molecular weight excluding hydrogens is 581 g/mol. The first-order valence-electron chi connectivity index (χ1n) is 16.4. The fraction of sp³-hybridized carbons (Fsp3) is 0. The van der Waals surface area contributed by atoms with E-state index >= 15 is 0 Å². The molecule has 2 aliphatic rings. The van der Waals surface area contributed by atoms with Crippen molar-refractivity contribution in [1.82, 2.24) is 0 Å². The number of allylic oxidation sites excluding steroid dienone is 6. The summed E-state index contributed by atoms with van der Waals surface area (Å²) in [7, 11) is 0. The van der Waals surface area contributed by atoms with Crippen molar-refractivity contribution in [3.05, 3.63) is 240 Å². The van der Waals surface area contributed by atoms with Gasteiger partial charge in [0.05, 0.1) is 22.8 Å². The Morgan fingerprint density at radius 2 is 0.438 bits per heavy atom. The zero-order chi connectivity index (χ0) is 32.1. The normalized spacial score (nSPS) is 14.6. The first kappa shape index (κ1) is 29.1. The van der Waals surface area contributed by atoms with Gasteiger partial charge in [-0.2, -0.15) is 0 Å². The molecule has 6 aromatic rings. The predicted octanol–water partition coefficient (Wildman–Crippen LogP) is 11.5. The molecule has 0 bridgehead atoms. The average molecular weight is 615 g/mol. The van der Waals surface area contributed by atoms with Gasteiger partial charge in [-0.05, 0) is 82.0 Å². The molecule has 228 valence electrons. The third-order valence-electron chi connectivity index (χ3n) is 8.77. The van der Waals surface area contributed by atoms with Gasteiger partial charge in [0.25, 0.3) is 0 Å². The molecule has 0 fully saturated rings. The Balaban J connectivity index is 1.43. The van der Waals surface area contributed by atoms with Crippen LogP contribution in [0.4, 0.5) is 11.4 Å². The van der Waals surface area contributed by atoms with Crippen LogP contribution in [0.15, 0.2) is 217 Å². The Kier molecular flexibility index (Phi) is 7.96. The van der Waals surface area contributed by atoms with Crippen LogP contribution in [0.3, 0.4) is 0 Å². The summed E-state index contributed by atoms with van der Waals surface area (Å²) in [4.78, 5) is 4.77. The summed E-state index contributed by atoms with van der Waals surface area (Å²) in [6.45, 7) is 0. The van der Waals surface area contributed by atoms with Crippen molar-refractivity contribution in [2.24, 2.45) is 0 Å². The van der Waals surface area contributed by atoms with Crippen LogP contribution < -0.4 is 9.80 Å². The van der Waals surface area contributed by atoms with Crippen LogP contribution in [0.2, 0.25) is 0 Å². The summed E-state index contributed by atoms with van der Waals surface area (Å²) >= 11 is 0. The second-order valence-corrected chi connectivity index (χ2v) is 11.8. The predicted molar refractivity (Wildman–Crippen MR) is 203 cm³/mol. The van der Waals surface area contributed by atoms with E-state index in [9.17, 15) is 0 Å². The molecule has 2 nitrogen and oxygen atoms in total. The van der Waals surface area contributed by atoms with Gasteiger partial charge in [-0.15, -0.1) is 0 Å². The summed E-state index contributed by atoms with van der Waals surface area (Å²) in [5.74, 6) is 0. The average Bonchev–Trinajstić information content (AvgIpc) is 3.19. The zero-order valence-electron chi connectivity index (χ0n) is 26.5. The number of hydrogen-bond donors (Lipinski definition) is 0. The molecule has 0 aliphatic carbocycles. The molecule has 48 heavy (non-hydrogen) atoms. The van der Waals surface area contributed by atoms with Crippen LogP contribution in [-0.2, 0) is 0 Å². The fourth-order valence-corrected chi connectivity index (χ4v) is 6.52. The van der Waals surface area contributed by atoms with Crippen molar-refractivity contribution in [3.8, 4) is 0 Å². The first-order valence-corrected chi connectivity index (χ1v) is 16.4. The minimum absolute atomic E-state index is 1.12. The summed E-state index contributed by atoms with van der Waals surface area (Å²) in [6, 6.07) is 64.2. The van der Waals surface area contributed by atoms with Crippen molar-refractivity contribution in [3.63, 3.8) is 0 Å². The van der Waals surface area contributed by atoms with Gasteiger partial charge in [-0.25, -0.2) is 0 Å². The van der Waals surface area contributed by atoms with E-state index in [1.807, 2.05) is 0 Å². The first-order chi connectivity index (χ1) is 23.8. The van der Waals surface area contributed by atoms with Gasteiger partial charge in [0, 0.05) is 11.4 Å². The van der Waals surface area contributed by atoms with E-state index in [-0.39, 0.29) is 0 Å². The molecule has 0 amide bonds. The molecule has 0 saturated heterocycles. The summed E-state index contributed by atoms with van der Waals surface area (Å²) in [6.07, 6.45) is 9.39. The highest BCUT2D eigenvalue weighted by molar-refractivity contribution is 6.03. The summed E-state index contributed by atoms with van der Waals surface area (Å²) in [5.41, 5.74) is 13.7. The maximum absolute atomic E-state index is 2.39. The molecule has 8 rings (SSSR count). The van der Waals surface area contributed by atoms with Gasteiger partial charge in [0.15, 0.2) is 0 Å². The van der Waals surface area contributed by atoms with Crippen LogP contribution >= 0.6 is 0 Å². The minimum Gasteiger partial charge on any atom is -0.309 e. The van der Waals surface area contributed by atoms with Crippen molar-refractivity contribution in [2.75, 3.05) is 9.80 Å². The lowest BCUT2D eigenvalue weighted by Gasteiger charge is -2.36. The van der Waals surface area contributed by atoms with E-state index in [4.69, 9.17) is 0 Å². The van der Waals surface area contributed by atoms with Crippen LogP contribution in [0.5, 0.6) is 0 Å². The Morgan fingerprint density at radius 3 is 0.667 bits per heavy atom. The highest BCUT2D eigenvalue weighted by Crippen LogP contribution is 2.44. The van der Waals surface area contributed by atoms with E-state index < -0.39 is 0 Å². The number of para-hydroxylation sites is 2. The smallest absolute Gasteiger partial charge is 0.0540 e. The quantitative estimate of drug-likeness (QED) is 0.184. The van der Waals surface area contributed by atoms with Crippen molar-refractivity contribution in [1.29, 1.82) is 0 Å². The van der Waals surface area contributed by atoms with Crippen molar-refractivity contribution in [2.45, 2.75) is 0 Å². The largest absolute Gasteiger partial charge is 0.309 e. The van der Waals surface area contributed by atoms with E-state index in [2.05, 4.69) is 216 Å². The number of nitrogens with zero attached hydrogens (tertiary/aromatic N) is 2. The molecule has 0 N–H and O–H groups in total. The highest BCUT2D eigenvalue weighted by Gasteiger charge is 2.28. The van der Waals surface area contributed by atoms with E-state index in [1.165, 1.54) is 0 Å². The molecule has 2 heteroatoms. The molecule has 6 aromatic carbocycles. The van der Waals surface area contributed by atoms with Crippen LogP contribution in [0.1, 0.15) is 22.3 Å². The molecule has 2 aliphatic heterocycles. The van der Waals surface area contributed by atoms with E-state index in [1.54, 1.807) is 0 Å². The van der Waals surface area contributed by atoms with Crippen molar-refractivity contribution < 1.29 is 0 Å². The third kappa shape index (κ3) is 5.72. The summed E-state index contributed by atoms with van der Waals surface area (Å²) in [5, 5.41) is 0. The number of benzene rings is 6. The number of hydrogen-bond acceptors (Lipinski definition) is 2. The molecule has 0 unspecified atom stereocenters. The van der Waals surface area contributed by atoms with Gasteiger partial charge in [-0.1, -0.05) is 158 Å². The number of rotatable bonds is 6.